The molecule has 6 heteroatoms. The number of hydrogen-bond acceptors (Lipinski definition) is 0. The van der Waals surface area contributed by atoms with Crippen molar-refractivity contribution in [2.45, 2.75) is 39.2 Å². The zero-order valence-corrected chi connectivity index (χ0v) is 27.6. The first-order valence-electron chi connectivity index (χ1n) is 11.2. The van der Waals surface area contributed by atoms with E-state index in [0.29, 0.717) is 11.8 Å². The topological polar surface area (TPSA) is 0 Å². The minimum Gasteiger partial charge on any atom is -1.00 e. The molecule has 0 amide bonds. The summed E-state index contributed by atoms with van der Waals surface area (Å²) in [5.41, 5.74) is 7.21. The van der Waals surface area contributed by atoms with Crippen LogP contribution in [0.5, 0.6) is 0 Å². The van der Waals surface area contributed by atoms with Gasteiger partial charge in [0.15, 0.2) is 0 Å². The third-order valence-electron chi connectivity index (χ3n) is 6.67. The van der Waals surface area contributed by atoms with Gasteiger partial charge in [0.1, 0.15) is 0 Å². The van der Waals surface area contributed by atoms with Crippen LogP contribution in [0.15, 0.2) is 78.5 Å². The number of benzene rings is 2. The smallest absolute Gasteiger partial charge is 1.00 e. The van der Waals surface area contributed by atoms with E-state index in [0.717, 1.165) is 11.1 Å². The summed E-state index contributed by atoms with van der Waals surface area (Å²) in [6.07, 6.45) is 4.73. The van der Waals surface area contributed by atoms with E-state index in [9.17, 15) is 8.78 Å². The standard InChI is InChI=1S/2C13H12F.C2H6Ge.2ClH.Hf/c2*1-9-6-10(2)13(7-9)11-4-3-5-12(14)8-11;1-3-2;;;/h2*3-5,7-9H,1-2H3;1-2H3;2*1H;/q;;;;;+2/p-2. The minimum atomic E-state index is -2.32. The fraction of sp³-hybridized carbons (Fsp3) is 0.286. The van der Waals surface area contributed by atoms with E-state index in [1.54, 1.807) is 18.8 Å². The predicted molar refractivity (Wildman–Crippen MR) is 130 cm³/mol. The molecule has 2 aromatic rings. The Balaban J connectivity index is 0.00000204. The molecule has 4 rings (SSSR count). The number of allylic oxidation sites excluding steroid dienone is 8. The van der Waals surface area contributed by atoms with E-state index >= 15 is 0 Å². The molecule has 0 aromatic heterocycles. The summed E-state index contributed by atoms with van der Waals surface area (Å²) in [7, 11) is -1.24. The van der Waals surface area contributed by atoms with Gasteiger partial charge in [-0.15, -0.1) is 0 Å². The van der Waals surface area contributed by atoms with Gasteiger partial charge in [0.05, 0.1) is 0 Å². The Hall–Kier alpha value is -0.747. The molecule has 0 N–H and O–H groups in total. The SMILES string of the molecule is CC1=[C]([Hf+2]([C]2=C(C)C(c3cccc(F)c3)=CC2C)=[Ge]([CH3])[CH3])C(C)C=C1c1cccc(F)c1.[Cl-].[Cl-]. The molecule has 178 valence electrons. The molecule has 0 radical (unpaired) electrons. The third kappa shape index (κ3) is 5.63. The number of rotatable bonds is 4. The van der Waals surface area contributed by atoms with Gasteiger partial charge in [-0.05, 0) is 0 Å². The Morgan fingerprint density at radius 3 is 1.41 bits per heavy atom. The average Bonchev–Trinajstić information content (AvgIpc) is 3.19. The van der Waals surface area contributed by atoms with Crippen molar-refractivity contribution in [2.75, 3.05) is 0 Å². The van der Waals surface area contributed by atoms with Gasteiger partial charge in [0.2, 0.25) is 0 Å². The Labute approximate surface area is 223 Å². The van der Waals surface area contributed by atoms with Gasteiger partial charge >= 0.3 is 201 Å². The Bertz CT molecular complexity index is 1180. The average molecular weight is 727 g/mol. The van der Waals surface area contributed by atoms with Crippen LogP contribution in [0.3, 0.4) is 0 Å². The van der Waals surface area contributed by atoms with Crippen LogP contribution in [0.4, 0.5) is 8.78 Å². The quantitative estimate of drug-likeness (QED) is 0.425. The monoisotopic (exact) mass is 728 g/mol. The van der Waals surface area contributed by atoms with Crippen LogP contribution < -0.4 is 24.8 Å². The first-order chi connectivity index (χ1) is 15.2. The zero-order chi connectivity index (χ0) is 23.2. The van der Waals surface area contributed by atoms with E-state index in [1.807, 2.05) is 24.3 Å². The molecule has 0 saturated heterocycles. The fourth-order valence-corrected chi connectivity index (χ4v) is 50.5. The molecule has 2 aliphatic rings. The van der Waals surface area contributed by atoms with Crippen LogP contribution in [-0.4, -0.2) is 10.1 Å². The maximum absolute atomic E-state index is 13.9. The largest absolute Gasteiger partial charge is 1.00 e. The van der Waals surface area contributed by atoms with Crippen molar-refractivity contribution >= 4 is 21.2 Å². The van der Waals surface area contributed by atoms with E-state index < -0.39 is 28.4 Å². The molecule has 0 aliphatic heterocycles. The van der Waals surface area contributed by atoms with E-state index in [-0.39, 0.29) is 36.4 Å². The van der Waals surface area contributed by atoms with Gasteiger partial charge in [0, 0.05) is 0 Å². The summed E-state index contributed by atoms with van der Waals surface area (Å²) in [6, 6.07) is 14.0. The summed E-state index contributed by atoms with van der Waals surface area (Å²) in [5.74, 6) is 5.58. The van der Waals surface area contributed by atoms with E-state index in [1.165, 1.54) is 34.4 Å². The molecular formula is C28H30Cl2F2GeHf. The van der Waals surface area contributed by atoms with Crippen molar-refractivity contribution in [1.29, 1.82) is 0 Å². The van der Waals surface area contributed by atoms with Crippen LogP contribution >= 0.6 is 0 Å². The molecule has 0 spiro atoms. The molecule has 0 nitrogen and oxygen atoms in total. The van der Waals surface area contributed by atoms with Crippen LogP contribution in [0.1, 0.15) is 38.8 Å². The maximum Gasteiger partial charge on any atom is -1.00 e. The second-order valence-electron chi connectivity index (χ2n) is 9.21. The van der Waals surface area contributed by atoms with Crippen molar-refractivity contribution in [3.63, 3.8) is 0 Å². The van der Waals surface area contributed by atoms with E-state index in [4.69, 9.17) is 0 Å². The van der Waals surface area contributed by atoms with Crippen LogP contribution in [0.2, 0.25) is 11.5 Å². The summed E-state index contributed by atoms with van der Waals surface area (Å²) in [6.45, 7) is 9.18. The summed E-state index contributed by atoms with van der Waals surface area (Å²) < 4.78 is 31.3. The maximum atomic E-state index is 13.9. The fourth-order valence-electron chi connectivity index (χ4n) is 5.34. The Morgan fingerprint density at radius 2 is 1.09 bits per heavy atom. The van der Waals surface area contributed by atoms with Crippen LogP contribution in [0, 0.1) is 23.5 Å². The molecule has 0 heterocycles. The molecule has 2 unspecified atom stereocenters. The minimum absolute atomic E-state index is 0. The first-order valence-corrected chi connectivity index (χ1v) is 29.4. The molecular weight excluding hydrogens is 696 g/mol. The van der Waals surface area contributed by atoms with Crippen LogP contribution in [-0.2, 0) is 18.3 Å². The van der Waals surface area contributed by atoms with Gasteiger partial charge in [-0.2, -0.15) is 0 Å². The second kappa shape index (κ2) is 12.0. The molecule has 34 heavy (non-hydrogen) atoms. The zero-order valence-electron chi connectivity index (χ0n) is 20.4. The van der Waals surface area contributed by atoms with Crippen molar-refractivity contribution in [3.8, 4) is 0 Å². The first kappa shape index (κ1) is 29.5. The summed E-state index contributed by atoms with van der Waals surface area (Å²) >= 11 is -2.32. The Kier molecular flexibility index (Phi) is 10.4. The number of hydrogen-bond donors (Lipinski definition) is 0. The molecule has 0 fully saturated rings. The van der Waals surface area contributed by atoms with Gasteiger partial charge in [-0.25, -0.2) is 0 Å². The van der Waals surface area contributed by atoms with Gasteiger partial charge in [-0.1, -0.05) is 0 Å². The molecule has 2 aromatic carbocycles. The van der Waals surface area contributed by atoms with Crippen molar-refractivity contribution in [1.82, 2.24) is 0 Å². The van der Waals surface area contributed by atoms with E-state index in [2.05, 4.69) is 51.4 Å². The number of halogens is 4. The molecule has 0 saturated carbocycles. The summed E-state index contributed by atoms with van der Waals surface area (Å²) in [5, 5.41) is 0. The Morgan fingerprint density at radius 1 is 0.706 bits per heavy atom. The second-order valence-corrected chi connectivity index (χ2v) is 47.2. The normalized spacial score (nSPS) is 19.1. The van der Waals surface area contributed by atoms with Gasteiger partial charge < -0.3 is 24.8 Å². The van der Waals surface area contributed by atoms with Gasteiger partial charge in [0.25, 0.3) is 0 Å². The molecule has 2 aliphatic carbocycles. The van der Waals surface area contributed by atoms with Crippen molar-refractivity contribution < 1.29 is 51.9 Å². The third-order valence-corrected chi connectivity index (χ3v) is 46.5. The van der Waals surface area contributed by atoms with Crippen molar-refractivity contribution in [3.05, 3.63) is 101 Å². The predicted octanol–water partition coefficient (Wildman–Crippen LogP) is 2.16. The van der Waals surface area contributed by atoms with Gasteiger partial charge in [-0.3, -0.25) is 0 Å². The van der Waals surface area contributed by atoms with Crippen molar-refractivity contribution in [2.24, 2.45) is 11.8 Å². The van der Waals surface area contributed by atoms with Crippen LogP contribution in [0.25, 0.3) is 11.1 Å². The molecule has 0 bridgehead atoms. The summed E-state index contributed by atoms with van der Waals surface area (Å²) in [4.78, 5) is 0. The molecule has 2 atom stereocenters.